The molecule has 2 aromatic rings. The second kappa shape index (κ2) is 10.3. The first kappa shape index (κ1) is 21.3. The van der Waals surface area contributed by atoms with Crippen LogP contribution in [0.4, 0.5) is 11.4 Å². The molecule has 0 saturated heterocycles. The van der Waals surface area contributed by atoms with Gasteiger partial charge in [0.05, 0.1) is 17.1 Å². The number of carbonyl (C=O) groups is 1. The van der Waals surface area contributed by atoms with Crippen LogP contribution in [0.2, 0.25) is 0 Å². The molecule has 8 nitrogen and oxygen atoms in total. The average Bonchev–Trinajstić information content (AvgIpc) is 2.67. The lowest BCUT2D eigenvalue weighted by atomic mass is 10.2. The summed E-state index contributed by atoms with van der Waals surface area (Å²) in [7, 11) is 0. The van der Waals surface area contributed by atoms with Gasteiger partial charge in [-0.25, -0.2) is 0 Å². The van der Waals surface area contributed by atoms with Crippen molar-refractivity contribution < 1.29 is 19.2 Å². The molecule has 9 heteroatoms. The summed E-state index contributed by atoms with van der Waals surface area (Å²) < 4.78 is 10.8. The Hall–Kier alpha value is -3.04. The summed E-state index contributed by atoms with van der Waals surface area (Å²) in [6.07, 6.45) is 0. The largest absolute Gasteiger partial charge is 0.490 e. The molecular formula is C19H21N3O5S. The van der Waals surface area contributed by atoms with E-state index in [9.17, 15) is 14.9 Å². The molecule has 0 unspecified atom stereocenters. The number of rotatable bonds is 8. The van der Waals surface area contributed by atoms with Gasteiger partial charge in [0, 0.05) is 24.4 Å². The Morgan fingerprint density at radius 1 is 1.21 bits per heavy atom. The van der Waals surface area contributed by atoms with Crippen LogP contribution < -0.4 is 15.4 Å². The standard InChI is InChI=1S/C19H21N3O5S/c1-3-26-10-11-27-17-7-5-4-6-15(17)18(23)21-19(28)20-16-9-8-14(22(24)25)12-13(16)2/h4-9,12H,3,10-11H2,1-2H3,(H2,20,21,23,28). The number of thiocarbonyl (C=S) groups is 1. The monoisotopic (exact) mass is 403 g/mol. The molecule has 0 aliphatic rings. The van der Waals surface area contributed by atoms with Crippen LogP contribution >= 0.6 is 12.2 Å². The van der Waals surface area contributed by atoms with Crippen LogP contribution in [0.25, 0.3) is 0 Å². The van der Waals surface area contributed by atoms with Gasteiger partial charge in [0.1, 0.15) is 12.4 Å². The van der Waals surface area contributed by atoms with Crippen molar-refractivity contribution in [3.8, 4) is 5.75 Å². The number of aryl methyl sites for hydroxylation is 1. The van der Waals surface area contributed by atoms with E-state index in [4.69, 9.17) is 21.7 Å². The summed E-state index contributed by atoms with van der Waals surface area (Å²) in [5, 5.41) is 16.4. The van der Waals surface area contributed by atoms with Gasteiger partial charge in [-0.15, -0.1) is 0 Å². The summed E-state index contributed by atoms with van der Waals surface area (Å²) >= 11 is 5.18. The van der Waals surface area contributed by atoms with Crippen molar-refractivity contribution in [2.75, 3.05) is 25.1 Å². The number of nitro benzene ring substituents is 1. The molecule has 0 aliphatic heterocycles. The van der Waals surface area contributed by atoms with Crippen LogP contribution in [-0.4, -0.2) is 35.8 Å². The Labute approximate surface area is 168 Å². The number of nitrogens with zero attached hydrogens (tertiary/aromatic N) is 1. The number of nitro groups is 1. The highest BCUT2D eigenvalue weighted by Gasteiger charge is 2.15. The zero-order valence-corrected chi connectivity index (χ0v) is 16.4. The van der Waals surface area contributed by atoms with E-state index in [1.165, 1.54) is 18.2 Å². The predicted octanol–water partition coefficient (Wildman–Crippen LogP) is 3.45. The van der Waals surface area contributed by atoms with Gasteiger partial charge in [-0.2, -0.15) is 0 Å². The van der Waals surface area contributed by atoms with Crippen molar-refractivity contribution >= 4 is 34.6 Å². The first-order valence-electron chi connectivity index (χ1n) is 8.59. The number of non-ortho nitro benzene ring substituents is 1. The molecule has 2 N–H and O–H groups in total. The van der Waals surface area contributed by atoms with Gasteiger partial charge >= 0.3 is 0 Å². The number of ether oxygens (including phenoxy) is 2. The van der Waals surface area contributed by atoms with E-state index in [-0.39, 0.29) is 10.8 Å². The van der Waals surface area contributed by atoms with Crippen molar-refractivity contribution in [1.82, 2.24) is 5.32 Å². The molecule has 0 saturated carbocycles. The Bertz CT molecular complexity index is 872. The topological polar surface area (TPSA) is 103 Å². The molecule has 0 atom stereocenters. The summed E-state index contributed by atoms with van der Waals surface area (Å²) in [5.74, 6) is -0.00176. The Balaban J connectivity index is 2.01. The van der Waals surface area contributed by atoms with E-state index in [0.717, 1.165) is 0 Å². The maximum absolute atomic E-state index is 12.5. The zero-order chi connectivity index (χ0) is 20.5. The van der Waals surface area contributed by atoms with E-state index in [1.54, 1.807) is 31.2 Å². The molecule has 28 heavy (non-hydrogen) atoms. The highest BCUT2D eigenvalue weighted by molar-refractivity contribution is 7.80. The molecule has 148 valence electrons. The lowest BCUT2D eigenvalue weighted by Crippen LogP contribution is -2.34. The number of carbonyl (C=O) groups excluding carboxylic acids is 1. The minimum Gasteiger partial charge on any atom is -0.490 e. The lowest BCUT2D eigenvalue weighted by Gasteiger charge is -2.14. The Kier molecular flexibility index (Phi) is 7.85. The van der Waals surface area contributed by atoms with Crippen LogP contribution in [0.3, 0.4) is 0 Å². The van der Waals surface area contributed by atoms with Crippen molar-refractivity contribution in [3.63, 3.8) is 0 Å². The van der Waals surface area contributed by atoms with Crippen LogP contribution in [-0.2, 0) is 4.74 Å². The van der Waals surface area contributed by atoms with E-state index in [0.29, 0.717) is 42.4 Å². The predicted molar refractivity (Wildman–Crippen MR) is 110 cm³/mol. The number of benzene rings is 2. The molecule has 2 rings (SSSR count). The molecular weight excluding hydrogens is 382 g/mol. The highest BCUT2D eigenvalue weighted by Crippen LogP contribution is 2.21. The Morgan fingerprint density at radius 3 is 2.64 bits per heavy atom. The summed E-state index contributed by atoms with van der Waals surface area (Å²) in [5.41, 5.74) is 1.52. The maximum atomic E-state index is 12.5. The van der Waals surface area contributed by atoms with Crippen LogP contribution in [0.15, 0.2) is 42.5 Å². The third-order valence-corrected chi connectivity index (χ3v) is 3.92. The zero-order valence-electron chi connectivity index (χ0n) is 15.6. The Morgan fingerprint density at radius 2 is 1.96 bits per heavy atom. The average molecular weight is 403 g/mol. The van der Waals surface area contributed by atoms with Crippen LogP contribution in [0.1, 0.15) is 22.8 Å². The summed E-state index contributed by atoms with van der Waals surface area (Å²) in [6, 6.07) is 11.1. The third-order valence-electron chi connectivity index (χ3n) is 3.72. The van der Waals surface area contributed by atoms with Crippen molar-refractivity contribution in [2.45, 2.75) is 13.8 Å². The van der Waals surface area contributed by atoms with Crippen LogP contribution in [0.5, 0.6) is 5.75 Å². The molecule has 0 aliphatic carbocycles. The van der Waals surface area contributed by atoms with Gasteiger partial charge in [-0.05, 0) is 49.8 Å². The van der Waals surface area contributed by atoms with Gasteiger partial charge in [0.15, 0.2) is 5.11 Å². The smallest absolute Gasteiger partial charge is 0.269 e. The van der Waals surface area contributed by atoms with Crippen molar-refractivity contribution in [1.29, 1.82) is 0 Å². The number of amides is 1. The number of hydrogen-bond donors (Lipinski definition) is 2. The molecule has 1 amide bonds. The maximum Gasteiger partial charge on any atom is 0.269 e. The molecule has 0 radical (unpaired) electrons. The molecule has 0 fully saturated rings. The molecule has 0 spiro atoms. The van der Waals surface area contributed by atoms with E-state index in [2.05, 4.69) is 10.6 Å². The minimum absolute atomic E-state index is 0.0175. The third kappa shape index (κ3) is 6.00. The van der Waals surface area contributed by atoms with Crippen LogP contribution in [0, 0.1) is 17.0 Å². The number of anilines is 1. The minimum atomic E-state index is -0.473. The quantitative estimate of drug-likeness (QED) is 0.301. The van der Waals surface area contributed by atoms with Gasteiger partial charge in [-0.1, -0.05) is 12.1 Å². The molecule has 0 heterocycles. The van der Waals surface area contributed by atoms with Gasteiger partial charge < -0.3 is 14.8 Å². The van der Waals surface area contributed by atoms with E-state index >= 15 is 0 Å². The molecule has 2 aromatic carbocycles. The fraction of sp³-hybridized carbons (Fsp3) is 0.263. The SMILES string of the molecule is CCOCCOc1ccccc1C(=O)NC(=S)Nc1ccc([N+](=O)[O-])cc1C. The lowest BCUT2D eigenvalue weighted by molar-refractivity contribution is -0.384. The fourth-order valence-electron chi connectivity index (χ4n) is 2.36. The second-order valence-electron chi connectivity index (χ2n) is 5.71. The summed E-state index contributed by atoms with van der Waals surface area (Å²) in [4.78, 5) is 22.9. The number of nitrogens with one attached hydrogen (secondary N) is 2. The van der Waals surface area contributed by atoms with Gasteiger partial charge in [0.2, 0.25) is 0 Å². The first-order chi connectivity index (χ1) is 13.4. The number of hydrogen-bond acceptors (Lipinski definition) is 6. The first-order valence-corrected chi connectivity index (χ1v) is 9.00. The highest BCUT2D eigenvalue weighted by atomic mass is 32.1. The van der Waals surface area contributed by atoms with Crippen molar-refractivity contribution in [3.05, 3.63) is 63.7 Å². The van der Waals surface area contributed by atoms with E-state index < -0.39 is 10.8 Å². The molecule has 0 bridgehead atoms. The molecule has 0 aromatic heterocycles. The normalized spacial score (nSPS) is 10.2. The second-order valence-corrected chi connectivity index (χ2v) is 6.11. The summed E-state index contributed by atoms with van der Waals surface area (Å²) in [6.45, 7) is 4.94. The van der Waals surface area contributed by atoms with Gasteiger partial charge in [-0.3, -0.25) is 20.2 Å². The van der Waals surface area contributed by atoms with Crippen molar-refractivity contribution in [2.24, 2.45) is 0 Å². The van der Waals surface area contributed by atoms with Gasteiger partial charge in [0.25, 0.3) is 11.6 Å². The number of para-hydroxylation sites is 1. The van der Waals surface area contributed by atoms with E-state index in [1.807, 2.05) is 6.92 Å². The fourth-order valence-corrected chi connectivity index (χ4v) is 2.56.